The normalized spacial score (nSPS) is 14.9. The molecule has 0 unspecified atom stereocenters. The third-order valence-electron chi connectivity index (χ3n) is 6.42. The second kappa shape index (κ2) is 13.3. The van der Waals surface area contributed by atoms with Crippen LogP contribution in [0.2, 0.25) is 0 Å². The highest BCUT2D eigenvalue weighted by atomic mass is 19.4. The van der Waals surface area contributed by atoms with Gasteiger partial charge in [0, 0.05) is 49.7 Å². The van der Waals surface area contributed by atoms with Crippen molar-refractivity contribution in [2.75, 3.05) is 51.6 Å². The molecule has 206 valence electrons. The third-order valence-corrected chi connectivity index (χ3v) is 6.42. The summed E-state index contributed by atoms with van der Waals surface area (Å²) < 4.78 is 41.3. The lowest BCUT2D eigenvalue weighted by atomic mass is 10.1. The molecule has 1 aliphatic rings. The van der Waals surface area contributed by atoms with Gasteiger partial charge in [0.1, 0.15) is 5.75 Å². The quantitative estimate of drug-likeness (QED) is 0.250. The molecule has 0 radical (unpaired) electrons. The third kappa shape index (κ3) is 9.46. The van der Waals surface area contributed by atoms with Crippen molar-refractivity contribution in [2.45, 2.75) is 12.8 Å². The van der Waals surface area contributed by atoms with Crippen LogP contribution in [0.4, 0.5) is 24.5 Å². The first-order valence-corrected chi connectivity index (χ1v) is 12.9. The molecule has 1 aliphatic heterocycles. The number of anilines is 2. The van der Waals surface area contributed by atoms with Gasteiger partial charge in [-0.3, -0.25) is 4.79 Å². The van der Waals surface area contributed by atoms with E-state index in [1.54, 1.807) is 18.2 Å². The van der Waals surface area contributed by atoms with E-state index in [1.807, 2.05) is 48.5 Å². The fourth-order valence-corrected chi connectivity index (χ4v) is 4.27. The van der Waals surface area contributed by atoms with Crippen LogP contribution in [0.1, 0.15) is 27.9 Å². The molecule has 6 nitrogen and oxygen atoms in total. The molecule has 39 heavy (non-hydrogen) atoms. The lowest BCUT2D eigenvalue weighted by molar-refractivity contribution is -0.274. The summed E-state index contributed by atoms with van der Waals surface area (Å²) in [5, 5.41) is 6.32. The van der Waals surface area contributed by atoms with Crippen LogP contribution in [0, 0.1) is 0 Å². The molecule has 0 bridgehead atoms. The second-order valence-corrected chi connectivity index (χ2v) is 9.54. The van der Waals surface area contributed by atoms with E-state index < -0.39 is 6.36 Å². The van der Waals surface area contributed by atoms with Crippen molar-refractivity contribution in [3.05, 3.63) is 89.5 Å². The van der Waals surface area contributed by atoms with Crippen LogP contribution >= 0.6 is 0 Å². The number of hydrogen-bond donors (Lipinski definition) is 2. The summed E-state index contributed by atoms with van der Waals surface area (Å²) in [5.41, 5.74) is 3.71. The summed E-state index contributed by atoms with van der Waals surface area (Å²) in [5.74, 6) is -0.354. The molecule has 0 atom stereocenters. The molecule has 1 amide bonds. The molecule has 0 aliphatic carbocycles. The average molecular weight is 539 g/mol. The largest absolute Gasteiger partial charge is 0.573 e. The van der Waals surface area contributed by atoms with Gasteiger partial charge in [0.05, 0.1) is 0 Å². The number of nitrogens with zero attached hydrogens (tertiary/aromatic N) is 2. The van der Waals surface area contributed by atoms with Gasteiger partial charge >= 0.3 is 6.36 Å². The first kappa shape index (κ1) is 28.2. The maximum Gasteiger partial charge on any atom is 0.573 e. The number of carbonyl (C=O) groups excluding carboxylic acids is 1. The second-order valence-electron chi connectivity index (χ2n) is 9.54. The summed E-state index contributed by atoms with van der Waals surface area (Å²) >= 11 is 0. The van der Waals surface area contributed by atoms with Gasteiger partial charge in [0.25, 0.3) is 5.91 Å². The SMILES string of the molecule is CN1CCN(CCCNC(=O)c2cccc(Nc3ccc(/C=C/c4cccc(OC(F)(F)F)c4)cc3)c2)CC1. The topological polar surface area (TPSA) is 56.8 Å². The van der Waals surface area contributed by atoms with Gasteiger partial charge < -0.3 is 25.2 Å². The standard InChI is InChI=1S/C30H33F3N4O2/c1-36-17-19-37(20-18-36)16-4-15-34-29(38)25-6-3-7-27(22-25)35-26-13-11-23(12-14-26)9-10-24-5-2-8-28(21-24)39-30(31,32)33/h2-3,5-14,21-22,35H,4,15-20H2,1H3,(H,34,38)/b10-9+. The van der Waals surface area contributed by atoms with Crippen molar-refractivity contribution in [2.24, 2.45) is 0 Å². The van der Waals surface area contributed by atoms with E-state index in [1.165, 1.54) is 18.2 Å². The predicted octanol–water partition coefficient (Wildman–Crippen LogP) is 5.87. The first-order valence-electron chi connectivity index (χ1n) is 12.9. The Labute approximate surface area is 227 Å². The Morgan fingerprint density at radius 2 is 1.62 bits per heavy atom. The van der Waals surface area contributed by atoms with Crippen molar-refractivity contribution >= 4 is 29.4 Å². The molecule has 1 saturated heterocycles. The van der Waals surface area contributed by atoms with Crippen LogP contribution in [0.3, 0.4) is 0 Å². The zero-order valence-electron chi connectivity index (χ0n) is 21.9. The van der Waals surface area contributed by atoms with Gasteiger partial charge in [-0.2, -0.15) is 0 Å². The van der Waals surface area contributed by atoms with Gasteiger partial charge in [-0.25, -0.2) is 0 Å². The minimum Gasteiger partial charge on any atom is -0.406 e. The number of amides is 1. The number of benzene rings is 3. The van der Waals surface area contributed by atoms with Crippen LogP contribution in [-0.2, 0) is 0 Å². The van der Waals surface area contributed by atoms with E-state index in [0.717, 1.165) is 56.1 Å². The van der Waals surface area contributed by atoms with Crippen LogP contribution < -0.4 is 15.4 Å². The number of nitrogens with one attached hydrogen (secondary N) is 2. The number of piperazine rings is 1. The molecule has 1 fully saturated rings. The zero-order chi connectivity index (χ0) is 27.7. The number of ether oxygens (including phenoxy) is 1. The number of likely N-dealkylation sites (N-methyl/N-ethyl adjacent to an activating group) is 1. The Kier molecular flexibility index (Phi) is 9.62. The average Bonchev–Trinajstić information content (AvgIpc) is 2.91. The Morgan fingerprint density at radius 3 is 2.36 bits per heavy atom. The number of hydrogen-bond acceptors (Lipinski definition) is 5. The van der Waals surface area contributed by atoms with Gasteiger partial charge in [-0.05, 0) is 73.6 Å². The van der Waals surface area contributed by atoms with E-state index >= 15 is 0 Å². The van der Waals surface area contributed by atoms with Crippen molar-refractivity contribution in [3.63, 3.8) is 0 Å². The molecule has 1 heterocycles. The van der Waals surface area contributed by atoms with Crippen molar-refractivity contribution in [3.8, 4) is 5.75 Å². The molecule has 3 aromatic carbocycles. The molecular formula is C30H33F3N4O2. The van der Waals surface area contributed by atoms with Gasteiger partial charge in [-0.15, -0.1) is 13.2 Å². The molecule has 9 heteroatoms. The van der Waals surface area contributed by atoms with Gasteiger partial charge in [-0.1, -0.05) is 42.5 Å². The van der Waals surface area contributed by atoms with E-state index in [9.17, 15) is 18.0 Å². The molecule has 0 aromatic heterocycles. The summed E-state index contributed by atoms with van der Waals surface area (Å²) in [4.78, 5) is 17.4. The minimum absolute atomic E-state index is 0.0952. The molecule has 0 saturated carbocycles. The highest BCUT2D eigenvalue weighted by molar-refractivity contribution is 5.95. The highest BCUT2D eigenvalue weighted by Gasteiger charge is 2.31. The van der Waals surface area contributed by atoms with E-state index in [4.69, 9.17) is 0 Å². The van der Waals surface area contributed by atoms with Crippen molar-refractivity contribution in [1.29, 1.82) is 0 Å². The Hall–Kier alpha value is -3.82. The Morgan fingerprint density at radius 1 is 0.897 bits per heavy atom. The smallest absolute Gasteiger partial charge is 0.406 e. The van der Waals surface area contributed by atoms with Crippen molar-refractivity contribution in [1.82, 2.24) is 15.1 Å². The lowest BCUT2D eigenvalue weighted by Gasteiger charge is -2.32. The maximum atomic E-state index is 12.6. The fraction of sp³-hybridized carbons (Fsp3) is 0.300. The summed E-state index contributed by atoms with van der Waals surface area (Å²) in [6.07, 6.45) is -0.274. The van der Waals surface area contributed by atoms with Crippen LogP contribution in [0.15, 0.2) is 72.8 Å². The molecule has 0 spiro atoms. The maximum absolute atomic E-state index is 12.6. The number of alkyl halides is 3. The fourth-order valence-electron chi connectivity index (χ4n) is 4.27. The van der Waals surface area contributed by atoms with Gasteiger partial charge in [0.2, 0.25) is 0 Å². The number of halogens is 3. The summed E-state index contributed by atoms with van der Waals surface area (Å²) in [7, 11) is 2.14. The monoisotopic (exact) mass is 538 g/mol. The summed E-state index contributed by atoms with van der Waals surface area (Å²) in [6, 6.07) is 20.7. The highest BCUT2D eigenvalue weighted by Crippen LogP contribution is 2.24. The molecule has 3 aromatic rings. The van der Waals surface area contributed by atoms with E-state index in [-0.39, 0.29) is 11.7 Å². The predicted molar refractivity (Wildman–Crippen MR) is 149 cm³/mol. The molecule has 4 rings (SSSR count). The van der Waals surface area contributed by atoms with Crippen LogP contribution in [0.5, 0.6) is 5.75 Å². The summed E-state index contributed by atoms with van der Waals surface area (Å²) in [6.45, 7) is 5.94. The van der Waals surface area contributed by atoms with Gasteiger partial charge in [0.15, 0.2) is 0 Å². The molecular weight excluding hydrogens is 505 g/mol. The van der Waals surface area contributed by atoms with Crippen LogP contribution in [-0.4, -0.2) is 68.4 Å². The molecule has 2 N–H and O–H groups in total. The van der Waals surface area contributed by atoms with Crippen molar-refractivity contribution < 1.29 is 22.7 Å². The first-order chi connectivity index (χ1) is 18.7. The number of carbonyl (C=O) groups is 1. The zero-order valence-corrected chi connectivity index (χ0v) is 21.9. The van der Waals surface area contributed by atoms with E-state index in [2.05, 4.69) is 32.2 Å². The van der Waals surface area contributed by atoms with E-state index in [0.29, 0.717) is 17.7 Å². The Balaban J connectivity index is 1.26. The number of rotatable bonds is 10. The van der Waals surface area contributed by atoms with Crippen LogP contribution in [0.25, 0.3) is 12.2 Å². The minimum atomic E-state index is -4.72. The lowest BCUT2D eigenvalue weighted by Crippen LogP contribution is -2.45. The Bertz CT molecular complexity index is 1250.